The van der Waals surface area contributed by atoms with E-state index >= 15 is 0 Å². The number of nitrogens with zero attached hydrogens (tertiary/aromatic N) is 1. The monoisotopic (exact) mass is 260 g/mol. The van der Waals surface area contributed by atoms with E-state index in [9.17, 15) is 0 Å². The molecule has 3 heteroatoms. The molecule has 0 aliphatic carbocycles. The summed E-state index contributed by atoms with van der Waals surface area (Å²) in [5.41, 5.74) is 2.85. The van der Waals surface area contributed by atoms with Gasteiger partial charge in [-0.3, -0.25) is 0 Å². The Labute approximate surface area is 115 Å². The van der Waals surface area contributed by atoms with Gasteiger partial charge in [0, 0.05) is 12.6 Å². The van der Waals surface area contributed by atoms with Gasteiger partial charge in [-0.2, -0.15) is 0 Å². The number of hydrogen-bond donors (Lipinski definition) is 1. The highest BCUT2D eigenvalue weighted by molar-refractivity contribution is 5.31. The second kappa shape index (κ2) is 6.04. The number of hydrogen-bond acceptors (Lipinski definition) is 3. The molecule has 0 aromatic heterocycles. The highest BCUT2D eigenvalue weighted by atomic mass is 16.5. The van der Waals surface area contributed by atoms with Gasteiger partial charge in [0.25, 0.3) is 0 Å². The van der Waals surface area contributed by atoms with Crippen LogP contribution in [0.1, 0.15) is 30.1 Å². The number of nitrogens with one attached hydrogen (secondary N) is 1. The summed E-state index contributed by atoms with van der Waals surface area (Å²) in [5.74, 6) is 0. The molecule has 0 amide bonds. The van der Waals surface area contributed by atoms with Crippen molar-refractivity contribution >= 4 is 0 Å². The molecule has 1 saturated heterocycles. The smallest absolute Gasteiger partial charge is 0.0952 e. The molecule has 0 spiro atoms. The van der Waals surface area contributed by atoms with Crippen molar-refractivity contribution in [3.8, 4) is 0 Å². The molecule has 0 bridgehead atoms. The quantitative estimate of drug-likeness (QED) is 0.899. The number of piperidine rings is 1. The van der Waals surface area contributed by atoms with Crippen LogP contribution >= 0.6 is 0 Å². The second-order valence-corrected chi connectivity index (χ2v) is 5.79. The minimum absolute atomic E-state index is 0.240. The van der Waals surface area contributed by atoms with Crippen molar-refractivity contribution in [1.82, 2.24) is 10.2 Å². The molecule has 2 heterocycles. The lowest BCUT2D eigenvalue weighted by atomic mass is 9.97. The zero-order valence-corrected chi connectivity index (χ0v) is 11.8. The average molecular weight is 260 g/mol. The van der Waals surface area contributed by atoms with Gasteiger partial charge in [-0.1, -0.05) is 24.3 Å². The predicted molar refractivity (Wildman–Crippen MR) is 77.4 cm³/mol. The minimum Gasteiger partial charge on any atom is -0.372 e. The molecule has 1 unspecified atom stereocenters. The minimum atomic E-state index is 0.240. The van der Waals surface area contributed by atoms with Gasteiger partial charge in [-0.05, 0) is 50.5 Å². The van der Waals surface area contributed by atoms with Crippen LogP contribution in [0.2, 0.25) is 0 Å². The van der Waals surface area contributed by atoms with Crippen molar-refractivity contribution in [2.24, 2.45) is 0 Å². The van der Waals surface area contributed by atoms with Crippen molar-refractivity contribution in [1.29, 1.82) is 0 Å². The third-order valence-electron chi connectivity index (χ3n) is 4.40. The Balaban J connectivity index is 1.56. The van der Waals surface area contributed by atoms with E-state index in [0.717, 1.165) is 19.6 Å². The largest absolute Gasteiger partial charge is 0.372 e. The number of ether oxygens (including phenoxy) is 1. The molecule has 1 aromatic carbocycles. The van der Waals surface area contributed by atoms with Crippen LogP contribution < -0.4 is 5.32 Å². The van der Waals surface area contributed by atoms with Crippen molar-refractivity contribution in [2.75, 3.05) is 33.3 Å². The van der Waals surface area contributed by atoms with Crippen LogP contribution in [-0.4, -0.2) is 44.2 Å². The van der Waals surface area contributed by atoms with E-state index in [4.69, 9.17) is 4.74 Å². The van der Waals surface area contributed by atoms with Crippen molar-refractivity contribution < 1.29 is 4.74 Å². The Morgan fingerprint density at radius 1 is 1.26 bits per heavy atom. The Kier molecular flexibility index (Phi) is 4.16. The van der Waals surface area contributed by atoms with Crippen molar-refractivity contribution in [3.63, 3.8) is 0 Å². The molecule has 2 aliphatic heterocycles. The van der Waals surface area contributed by atoms with E-state index in [1.54, 1.807) is 0 Å². The SMILES string of the molecule is CN1CCC(NCC2OCCc3ccccc32)CC1. The summed E-state index contributed by atoms with van der Waals surface area (Å²) in [6, 6.07) is 9.37. The fraction of sp³-hybridized carbons (Fsp3) is 0.625. The average Bonchev–Trinajstić information content (AvgIpc) is 2.47. The summed E-state index contributed by atoms with van der Waals surface area (Å²) in [5, 5.41) is 3.70. The Morgan fingerprint density at radius 2 is 2.05 bits per heavy atom. The first-order chi connectivity index (χ1) is 9.33. The standard InChI is InChI=1S/C16H24N2O/c1-18-9-6-14(7-10-18)17-12-16-15-5-3-2-4-13(15)8-11-19-16/h2-5,14,16-17H,6-12H2,1H3. The van der Waals surface area contributed by atoms with E-state index in [1.807, 2.05) is 0 Å². The molecule has 1 N–H and O–H groups in total. The topological polar surface area (TPSA) is 24.5 Å². The van der Waals surface area contributed by atoms with E-state index in [0.29, 0.717) is 6.04 Å². The van der Waals surface area contributed by atoms with Gasteiger partial charge in [0.05, 0.1) is 12.7 Å². The van der Waals surface area contributed by atoms with Gasteiger partial charge in [0.1, 0.15) is 0 Å². The predicted octanol–water partition coefficient (Wildman–Crippen LogP) is 1.98. The molecular weight excluding hydrogens is 236 g/mol. The van der Waals surface area contributed by atoms with Crippen LogP contribution in [0.5, 0.6) is 0 Å². The number of rotatable bonds is 3. The van der Waals surface area contributed by atoms with E-state index in [1.165, 1.54) is 37.1 Å². The Hall–Kier alpha value is -0.900. The normalized spacial score (nSPS) is 25.2. The molecule has 1 aromatic rings. The van der Waals surface area contributed by atoms with Gasteiger partial charge in [0.15, 0.2) is 0 Å². The molecule has 2 aliphatic rings. The third-order valence-corrected chi connectivity index (χ3v) is 4.40. The lowest BCUT2D eigenvalue weighted by molar-refractivity contribution is 0.0389. The van der Waals surface area contributed by atoms with Gasteiger partial charge >= 0.3 is 0 Å². The van der Waals surface area contributed by atoms with Crippen molar-refractivity contribution in [2.45, 2.75) is 31.4 Å². The van der Waals surface area contributed by atoms with Crippen LogP contribution in [0.4, 0.5) is 0 Å². The van der Waals surface area contributed by atoms with E-state index < -0.39 is 0 Å². The molecule has 0 radical (unpaired) electrons. The molecule has 1 fully saturated rings. The van der Waals surface area contributed by atoms with Gasteiger partial charge in [-0.15, -0.1) is 0 Å². The lowest BCUT2D eigenvalue weighted by Crippen LogP contribution is -2.42. The second-order valence-electron chi connectivity index (χ2n) is 5.79. The van der Waals surface area contributed by atoms with Crippen LogP contribution in [-0.2, 0) is 11.2 Å². The molecule has 0 saturated carbocycles. The maximum Gasteiger partial charge on any atom is 0.0952 e. The fourth-order valence-electron chi connectivity index (χ4n) is 3.13. The fourth-order valence-corrected chi connectivity index (χ4v) is 3.13. The summed E-state index contributed by atoms with van der Waals surface area (Å²) in [6.07, 6.45) is 3.81. The first-order valence-corrected chi connectivity index (χ1v) is 7.44. The Morgan fingerprint density at radius 3 is 2.89 bits per heavy atom. The Bertz CT molecular complexity index is 413. The van der Waals surface area contributed by atoms with E-state index in [2.05, 4.69) is 41.5 Å². The van der Waals surface area contributed by atoms with Crippen LogP contribution in [0.25, 0.3) is 0 Å². The van der Waals surface area contributed by atoms with Gasteiger partial charge in [0.2, 0.25) is 0 Å². The summed E-state index contributed by atoms with van der Waals surface area (Å²) in [6.45, 7) is 4.22. The highest BCUT2D eigenvalue weighted by Gasteiger charge is 2.22. The first kappa shape index (κ1) is 13.1. The van der Waals surface area contributed by atoms with E-state index in [-0.39, 0.29) is 6.10 Å². The number of fused-ring (bicyclic) bond motifs is 1. The van der Waals surface area contributed by atoms with Crippen LogP contribution in [0, 0.1) is 0 Å². The molecular formula is C16H24N2O. The van der Waals surface area contributed by atoms with Gasteiger partial charge < -0.3 is 15.0 Å². The third kappa shape index (κ3) is 3.16. The lowest BCUT2D eigenvalue weighted by Gasteiger charge is -2.32. The number of benzene rings is 1. The maximum atomic E-state index is 5.94. The summed E-state index contributed by atoms with van der Waals surface area (Å²) >= 11 is 0. The van der Waals surface area contributed by atoms with Crippen molar-refractivity contribution in [3.05, 3.63) is 35.4 Å². The molecule has 104 valence electrons. The molecule has 3 rings (SSSR count). The zero-order chi connectivity index (χ0) is 13.1. The summed E-state index contributed by atoms with van der Waals surface area (Å²) < 4.78 is 5.94. The summed E-state index contributed by atoms with van der Waals surface area (Å²) in [4.78, 5) is 2.41. The van der Waals surface area contributed by atoms with Crippen LogP contribution in [0.15, 0.2) is 24.3 Å². The maximum absolute atomic E-state index is 5.94. The zero-order valence-electron chi connectivity index (χ0n) is 11.8. The highest BCUT2D eigenvalue weighted by Crippen LogP contribution is 2.26. The first-order valence-electron chi connectivity index (χ1n) is 7.44. The van der Waals surface area contributed by atoms with Crippen LogP contribution in [0.3, 0.4) is 0 Å². The summed E-state index contributed by atoms with van der Waals surface area (Å²) in [7, 11) is 2.21. The molecule has 1 atom stereocenters. The molecule has 19 heavy (non-hydrogen) atoms. The van der Waals surface area contributed by atoms with Gasteiger partial charge in [-0.25, -0.2) is 0 Å². The molecule has 3 nitrogen and oxygen atoms in total. The number of likely N-dealkylation sites (tertiary alicyclic amines) is 1.